The minimum atomic E-state index is 0.506. The van der Waals surface area contributed by atoms with Gasteiger partial charge < -0.3 is 5.32 Å². The molecule has 1 aromatic heterocycles. The Kier molecular flexibility index (Phi) is 3.52. The number of nitrogens with one attached hydrogen (secondary N) is 1. The van der Waals surface area contributed by atoms with E-state index in [1.807, 2.05) is 0 Å². The summed E-state index contributed by atoms with van der Waals surface area (Å²) in [7, 11) is 0. The number of benzene rings is 1. The zero-order chi connectivity index (χ0) is 13.2. The minimum absolute atomic E-state index is 0.506. The number of pyridine rings is 1. The third-order valence-electron chi connectivity index (χ3n) is 3.92. The van der Waals surface area contributed by atoms with E-state index < -0.39 is 0 Å². The maximum atomic E-state index is 4.65. The summed E-state index contributed by atoms with van der Waals surface area (Å²) in [5, 5.41) is 5.05. The quantitative estimate of drug-likeness (QED) is 0.872. The van der Waals surface area contributed by atoms with Crippen molar-refractivity contribution < 1.29 is 0 Å². The minimum Gasteiger partial charge on any atom is -0.310 e. The second-order valence-corrected chi connectivity index (χ2v) is 5.64. The third-order valence-corrected chi connectivity index (χ3v) is 3.92. The van der Waals surface area contributed by atoms with Gasteiger partial charge in [-0.05, 0) is 56.3 Å². The summed E-state index contributed by atoms with van der Waals surface area (Å²) >= 11 is 0. The predicted molar refractivity (Wildman–Crippen MR) is 80.2 cm³/mol. The Labute approximate surface area is 115 Å². The van der Waals surface area contributed by atoms with Gasteiger partial charge in [0, 0.05) is 17.1 Å². The van der Waals surface area contributed by atoms with Crippen molar-refractivity contribution in [3.05, 3.63) is 41.6 Å². The van der Waals surface area contributed by atoms with Gasteiger partial charge in [0.2, 0.25) is 0 Å². The highest BCUT2D eigenvalue weighted by atomic mass is 14.9. The first-order valence-electron chi connectivity index (χ1n) is 7.39. The molecule has 1 unspecified atom stereocenters. The molecule has 0 bridgehead atoms. The largest absolute Gasteiger partial charge is 0.310 e. The lowest BCUT2D eigenvalue weighted by atomic mass is 9.97. The highest BCUT2D eigenvalue weighted by Gasteiger charge is 2.32. The number of hydrogen-bond acceptors (Lipinski definition) is 2. The highest BCUT2D eigenvalue weighted by molar-refractivity contribution is 5.82. The van der Waals surface area contributed by atoms with Crippen LogP contribution in [0.25, 0.3) is 10.9 Å². The molecule has 1 fully saturated rings. The van der Waals surface area contributed by atoms with E-state index >= 15 is 0 Å². The Balaban J connectivity index is 2.05. The van der Waals surface area contributed by atoms with Gasteiger partial charge in [-0.2, -0.15) is 0 Å². The molecule has 19 heavy (non-hydrogen) atoms. The van der Waals surface area contributed by atoms with Crippen molar-refractivity contribution >= 4 is 10.9 Å². The van der Waals surface area contributed by atoms with Crippen molar-refractivity contribution in [1.82, 2.24) is 10.3 Å². The molecule has 0 spiro atoms. The number of aromatic nitrogens is 1. The van der Waals surface area contributed by atoms with Crippen molar-refractivity contribution in [3.63, 3.8) is 0 Å². The predicted octanol–water partition coefficient (Wildman–Crippen LogP) is 3.99. The zero-order valence-electron chi connectivity index (χ0n) is 11.8. The van der Waals surface area contributed by atoms with Gasteiger partial charge in [-0.1, -0.05) is 25.1 Å². The summed E-state index contributed by atoms with van der Waals surface area (Å²) in [6, 6.07) is 11.3. The van der Waals surface area contributed by atoms with Crippen LogP contribution >= 0.6 is 0 Å². The van der Waals surface area contributed by atoms with Gasteiger partial charge in [0.25, 0.3) is 0 Å². The molecule has 1 aliphatic rings. The van der Waals surface area contributed by atoms with Crippen molar-refractivity contribution in [3.8, 4) is 0 Å². The fourth-order valence-corrected chi connectivity index (χ4v) is 2.86. The first kappa shape index (κ1) is 12.6. The van der Waals surface area contributed by atoms with Gasteiger partial charge in [-0.15, -0.1) is 0 Å². The van der Waals surface area contributed by atoms with E-state index in [-0.39, 0.29) is 0 Å². The summed E-state index contributed by atoms with van der Waals surface area (Å²) in [5.41, 5.74) is 3.69. The SMILES string of the molecule is CCCNC(c1cc(C)nc2ccccc12)C1CC1. The average molecular weight is 254 g/mol. The number of para-hydroxylation sites is 1. The van der Waals surface area contributed by atoms with Crippen LogP contribution < -0.4 is 5.32 Å². The van der Waals surface area contributed by atoms with Gasteiger partial charge >= 0.3 is 0 Å². The Hall–Kier alpha value is -1.41. The van der Waals surface area contributed by atoms with Crippen molar-refractivity contribution in [2.45, 2.75) is 39.2 Å². The first-order chi connectivity index (χ1) is 9.29. The van der Waals surface area contributed by atoms with Crippen LogP contribution in [0.3, 0.4) is 0 Å². The van der Waals surface area contributed by atoms with Gasteiger partial charge in [0.1, 0.15) is 0 Å². The fourth-order valence-electron chi connectivity index (χ4n) is 2.86. The van der Waals surface area contributed by atoms with Crippen molar-refractivity contribution in [1.29, 1.82) is 0 Å². The van der Waals surface area contributed by atoms with Gasteiger partial charge in [-0.25, -0.2) is 0 Å². The second-order valence-electron chi connectivity index (χ2n) is 5.64. The summed E-state index contributed by atoms with van der Waals surface area (Å²) < 4.78 is 0. The lowest BCUT2D eigenvalue weighted by molar-refractivity contribution is 0.483. The van der Waals surface area contributed by atoms with E-state index in [4.69, 9.17) is 0 Å². The molecule has 1 N–H and O–H groups in total. The molecule has 0 aliphatic heterocycles. The van der Waals surface area contributed by atoms with Crippen LogP contribution in [0.5, 0.6) is 0 Å². The number of aryl methyl sites for hydroxylation is 1. The maximum Gasteiger partial charge on any atom is 0.0708 e. The molecule has 1 saturated carbocycles. The molecule has 0 radical (unpaired) electrons. The van der Waals surface area contributed by atoms with E-state index in [1.165, 1.54) is 30.2 Å². The molecule has 2 nitrogen and oxygen atoms in total. The Morgan fingerprint density at radius 1 is 1.32 bits per heavy atom. The molecule has 0 amide bonds. The van der Waals surface area contributed by atoms with Crippen LogP contribution in [-0.2, 0) is 0 Å². The third kappa shape index (κ3) is 2.64. The van der Waals surface area contributed by atoms with E-state index in [0.717, 1.165) is 23.7 Å². The fraction of sp³-hybridized carbons (Fsp3) is 0.471. The Morgan fingerprint density at radius 3 is 2.84 bits per heavy atom. The van der Waals surface area contributed by atoms with Crippen LogP contribution in [0, 0.1) is 12.8 Å². The molecule has 1 aliphatic carbocycles. The molecular weight excluding hydrogens is 232 g/mol. The molecule has 3 rings (SSSR count). The molecule has 1 heterocycles. The monoisotopic (exact) mass is 254 g/mol. The summed E-state index contributed by atoms with van der Waals surface area (Å²) in [6.45, 7) is 5.42. The second kappa shape index (κ2) is 5.30. The topological polar surface area (TPSA) is 24.9 Å². The summed E-state index contributed by atoms with van der Waals surface area (Å²) in [5.74, 6) is 0.816. The highest BCUT2D eigenvalue weighted by Crippen LogP contribution is 2.42. The van der Waals surface area contributed by atoms with Crippen LogP contribution in [0.4, 0.5) is 0 Å². The van der Waals surface area contributed by atoms with Gasteiger partial charge in [-0.3, -0.25) is 4.98 Å². The standard InChI is InChI=1S/C17H22N2/c1-3-10-18-17(13-8-9-13)15-11-12(2)19-16-7-5-4-6-14(15)16/h4-7,11,13,17-18H,3,8-10H2,1-2H3. The van der Waals surface area contributed by atoms with Gasteiger partial charge in [0.05, 0.1) is 5.52 Å². The summed E-state index contributed by atoms with van der Waals surface area (Å²) in [6.07, 6.45) is 3.90. The Bertz CT molecular complexity index is 572. The number of rotatable bonds is 5. The smallest absolute Gasteiger partial charge is 0.0708 e. The van der Waals surface area contributed by atoms with Crippen molar-refractivity contribution in [2.75, 3.05) is 6.54 Å². The van der Waals surface area contributed by atoms with E-state index in [0.29, 0.717) is 6.04 Å². The maximum absolute atomic E-state index is 4.65. The first-order valence-corrected chi connectivity index (χ1v) is 7.39. The van der Waals surface area contributed by atoms with Crippen LogP contribution in [0.1, 0.15) is 43.5 Å². The number of fused-ring (bicyclic) bond motifs is 1. The Morgan fingerprint density at radius 2 is 2.11 bits per heavy atom. The molecule has 1 atom stereocenters. The van der Waals surface area contributed by atoms with Crippen molar-refractivity contribution in [2.24, 2.45) is 5.92 Å². The summed E-state index contributed by atoms with van der Waals surface area (Å²) in [4.78, 5) is 4.65. The van der Waals surface area contributed by atoms with E-state index in [1.54, 1.807) is 0 Å². The lowest BCUT2D eigenvalue weighted by Crippen LogP contribution is -2.24. The van der Waals surface area contributed by atoms with Crippen LogP contribution in [0.15, 0.2) is 30.3 Å². The molecule has 2 heteroatoms. The molecule has 1 aromatic carbocycles. The van der Waals surface area contributed by atoms with E-state index in [9.17, 15) is 0 Å². The number of hydrogen-bond donors (Lipinski definition) is 1. The van der Waals surface area contributed by atoms with E-state index in [2.05, 4.69) is 54.5 Å². The molecule has 100 valence electrons. The normalized spacial score (nSPS) is 16.7. The average Bonchev–Trinajstić information content (AvgIpc) is 3.23. The molecule has 2 aromatic rings. The lowest BCUT2D eigenvalue weighted by Gasteiger charge is -2.20. The van der Waals surface area contributed by atoms with Gasteiger partial charge in [0.15, 0.2) is 0 Å². The van der Waals surface area contributed by atoms with Crippen LogP contribution in [0.2, 0.25) is 0 Å². The zero-order valence-corrected chi connectivity index (χ0v) is 11.8. The molecular formula is C17H22N2. The number of nitrogens with zero attached hydrogens (tertiary/aromatic N) is 1. The molecule has 0 saturated heterocycles. The van der Waals surface area contributed by atoms with Crippen LogP contribution in [-0.4, -0.2) is 11.5 Å².